The minimum absolute atomic E-state index is 0.0803. The van der Waals surface area contributed by atoms with E-state index in [2.05, 4.69) is 4.98 Å². The number of hydrogen-bond donors (Lipinski definition) is 0. The summed E-state index contributed by atoms with van der Waals surface area (Å²) in [6.45, 7) is 0.0803. The molecule has 3 heterocycles. The van der Waals surface area contributed by atoms with Crippen LogP contribution in [0.2, 0.25) is 0 Å². The Bertz CT molecular complexity index is 999. The van der Waals surface area contributed by atoms with Crippen LogP contribution in [0.15, 0.2) is 58.7 Å². The Kier molecular flexibility index (Phi) is 3.66. The largest absolute Gasteiger partial charge is 0.455 e. The van der Waals surface area contributed by atoms with Gasteiger partial charge in [0.2, 0.25) is 5.89 Å². The molecule has 0 amide bonds. The number of fused-ring (bicyclic) bond motifs is 1. The summed E-state index contributed by atoms with van der Waals surface area (Å²) < 4.78 is 12.7. The number of ether oxygens (including phenoxy) is 1. The molecule has 0 saturated heterocycles. The molecule has 0 spiro atoms. The summed E-state index contributed by atoms with van der Waals surface area (Å²) in [6.07, 6.45) is 3.30. The van der Waals surface area contributed by atoms with Crippen molar-refractivity contribution in [2.45, 2.75) is 6.61 Å². The third-order valence-electron chi connectivity index (χ3n) is 3.75. The van der Waals surface area contributed by atoms with E-state index in [1.807, 2.05) is 53.4 Å². The number of thiophene rings is 1. The van der Waals surface area contributed by atoms with Crippen molar-refractivity contribution in [3.63, 3.8) is 0 Å². The van der Waals surface area contributed by atoms with E-state index in [9.17, 15) is 4.79 Å². The number of esters is 1. The lowest BCUT2D eigenvalue weighted by atomic mass is 10.2. The van der Waals surface area contributed by atoms with Crippen molar-refractivity contribution in [1.82, 2.24) is 9.55 Å². The SMILES string of the molecule is Cn1cc(C(=O)OCc2coc(-c3cccs3)n2)c2ccccc21. The molecule has 4 aromatic rings. The normalized spacial score (nSPS) is 11.0. The third-order valence-corrected chi connectivity index (χ3v) is 4.61. The van der Waals surface area contributed by atoms with Gasteiger partial charge in [0.1, 0.15) is 18.6 Å². The van der Waals surface area contributed by atoms with Crippen LogP contribution in [0.4, 0.5) is 0 Å². The number of carbonyl (C=O) groups excluding carboxylic acids is 1. The first-order valence-electron chi connectivity index (χ1n) is 7.42. The summed E-state index contributed by atoms with van der Waals surface area (Å²) in [4.78, 5) is 17.7. The van der Waals surface area contributed by atoms with Gasteiger partial charge in [0.25, 0.3) is 0 Å². The molecule has 0 fully saturated rings. The van der Waals surface area contributed by atoms with Crippen molar-refractivity contribution in [2.24, 2.45) is 7.05 Å². The number of benzene rings is 1. The van der Waals surface area contributed by atoms with Crippen LogP contribution in [0.3, 0.4) is 0 Å². The highest BCUT2D eigenvalue weighted by Gasteiger charge is 2.16. The number of carbonyl (C=O) groups is 1. The Labute approximate surface area is 142 Å². The number of rotatable bonds is 4. The molecule has 6 heteroatoms. The zero-order chi connectivity index (χ0) is 16.5. The quantitative estimate of drug-likeness (QED) is 0.522. The van der Waals surface area contributed by atoms with Gasteiger partial charge in [-0.3, -0.25) is 0 Å². The summed E-state index contributed by atoms with van der Waals surface area (Å²) in [5.74, 6) is 0.175. The molecule has 0 aliphatic carbocycles. The molecule has 3 aromatic heterocycles. The Balaban J connectivity index is 1.50. The molecular formula is C18H14N2O3S. The summed E-state index contributed by atoms with van der Waals surface area (Å²) in [5, 5.41) is 2.84. The molecule has 0 aliphatic rings. The van der Waals surface area contributed by atoms with Crippen LogP contribution in [0.5, 0.6) is 0 Å². The van der Waals surface area contributed by atoms with Crippen molar-refractivity contribution in [3.05, 3.63) is 65.5 Å². The number of hydrogen-bond acceptors (Lipinski definition) is 5. The first-order chi connectivity index (χ1) is 11.7. The Morgan fingerprint density at radius 3 is 3.00 bits per heavy atom. The van der Waals surface area contributed by atoms with Gasteiger partial charge in [0.15, 0.2) is 0 Å². The van der Waals surface area contributed by atoms with E-state index in [0.29, 0.717) is 17.1 Å². The molecule has 0 saturated carbocycles. The second-order valence-electron chi connectivity index (χ2n) is 5.37. The first kappa shape index (κ1) is 14.7. The van der Waals surface area contributed by atoms with E-state index in [0.717, 1.165) is 15.8 Å². The molecule has 24 heavy (non-hydrogen) atoms. The molecule has 1 aromatic carbocycles. The lowest BCUT2D eigenvalue weighted by Crippen LogP contribution is -2.05. The van der Waals surface area contributed by atoms with Crippen LogP contribution in [0.1, 0.15) is 16.1 Å². The van der Waals surface area contributed by atoms with Gasteiger partial charge >= 0.3 is 5.97 Å². The number of oxazole rings is 1. The average Bonchev–Trinajstić information content (AvgIpc) is 3.33. The van der Waals surface area contributed by atoms with Gasteiger partial charge in [-0.25, -0.2) is 9.78 Å². The lowest BCUT2D eigenvalue weighted by molar-refractivity contribution is 0.0470. The highest BCUT2D eigenvalue weighted by Crippen LogP contribution is 2.24. The molecule has 0 radical (unpaired) electrons. The van der Waals surface area contributed by atoms with E-state index in [1.54, 1.807) is 17.5 Å². The van der Waals surface area contributed by atoms with Crippen LogP contribution in [-0.2, 0) is 18.4 Å². The maximum atomic E-state index is 12.4. The van der Waals surface area contributed by atoms with Gasteiger partial charge in [-0.1, -0.05) is 24.3 Å². The van der Waals surface area contributed by atoms with Gasteiger partial charge in [-0.15, -0.1) is 11.3 Å². The summed E-state index contributed by atoms with van der Waals surface area (Å²) in [7, 11) is 1.91. The predicted molar refractivity (Wildman–Crippen MR) is 91.9 cm³/mol. The Morgan fingerprint density at radius 2 is 2.17 bits per heavy atom. The Hall–Kier alpha value is -2.86. The van der Waals surface area contributed by atoms with Gasteiger partial charge in [0, 0.05) is 24.1 Å². The van der Waals surface area contributed by atoms with E-state index in [1.165, 1.54) is 6.26 Å². The average molecular weight is 338 g/mol. The fourth-order valence-electron chi connectivity index (χ4n) is 2.61. The second kappa shape index (κ2) is 5.98. The fraction of sp³-hybridized carbons (Fsp3) is 0.111. The maximum absolute atomic E-state index is 12.4. The number of aryl methyl sites for hydroxylation is 1. The van der Waals surface area contributed by atoms with E-state index >= 15 is 0 Å². The van der Waals surface area contributed by atoms with Crippen LogP contribution >= 0.6 is 11.3 Å². The zero-order valence-electron chi connectivity index (χ0n) is 12.9. The highest BCUT2D eigenvalue weighted by atomic mass is 32.1. The molecule has 0 unspecified atom stereocenters. The van der Waals surface area contributed by atoms with Crippen molar-refractivity contribution >= 4 is 28.2 Å². The molecule has 0 bridgehead atoms. The number of aromatic nitrogens is 2. The lowest BCUT2D eigenvalue weighted by Gasteiger charge is -2.01. The molecule has 0 aliphatic heterocycles. The molecule has 5 nitrogen and oxygen atoms in total. The van der Waals surface area contributed by atoms with Crippen LogP contribution in [0.25, 0.3) is 21.7 Å². The van der Waals surface area contributed by atoms with Gasteiger partial charge in [-0.2, -0.15) is 0 Å². The maximum Gasteiger partial charge on any atom is 0.340 e. The minimum Gasteiger partial charge on any atom is -0.455 e. The standard InChI is InChI=1S/C18H14N2O3S/c1-20-9-14(13-5-2-3-6-15(13)20)18(21)23-11-12-10-22-17(19-12)16-7-4-8-24-16/h2-10H,11H2,1H3. The highest BCUT2D eigenvalue weighted by molar-refractivity contribution is 7.13. The van der Waals surface area contributed by atoms with Crippen LogP contribution in [-0.4, -0.2) is 15.5 Å². The van der Waals surface area contributed by atoms with Crippen molar-refractivity contribution in [3.8, 4) is 10.8 Å². The fourth-order valence-corrected chi connectivity index (χ4v) is 3.26. The molecule has 4 rings (SSSR count). The summed E-state index contributed by atoms with van der Waals surface area (Å²) in [6, 6.07) is 11.6. The predicted octanol–water partition coefficient (Wildman–Crippen LogP) is 4.25. The van der Waals surface area contributed by atoms with Crippen molar-refractivity contribution in [2.75, 3.05) is 0 Å². The molecular weight excluding hydrogens is 324 g/mol. The summed E-state index contributed by atoms with van der Waals surface area (Å²) in [5.41, 5.74) is 2.13. The molecule has 120 valence electrons. The van der Waals surface area contributed by atoms with Gasteiger partial charge in [0.05, 0.1) is 10.4 Å². The zero-order valence-corrected chi connectivity index (χ0v) is 13.7. The monoisotopic (exact) mass is 338 g/mol. The van der Waals surface area contributed by atoms with Crippen molar-refractivity contribution < 1.29 is 13.9 Å². The van der Waals surface area contributed by atoms with Gasteiger partial charge < -0.3 is 13.7 Å². The third kappa shape index (κ3) is 2.61. The first-order valence-corrected chi connectivity index (χ1v) is 8.30. The molecule has 0 atom stereocenters. The van der Waals surface area contributed by atoms with E-state index in [4.69, 9.17) is 9.15 Å². The number of nitrogens with zero attached hydrogens (tertiary/aromatic N) is 2. The van der Waals surface area contributed by atoms with E-state index in [-0.39, 0.29) is 12.6 Å². The van der Waals surface area contributed by atoms with E-state index < -0.39 is 0 Å². The smallest absolute Gasteiger partial charge is 0.340 e. The Morgan fingerprint density at radius 1 is 1.29 bits per heavy atom. The topological polar surface area (TPSA) is 57.3 Å². The van der Waals surface area contributed by atoms with Crippen LogP contribution < -0.4 is 0 Å². The van der Waals surface area contributed by atoms with Crippen LogP contribution in [0, 0.1) is 0 Å². The molecule has 0 N–H and O–H groups in total. The second-order valence-corrected chi connectivity index (χ2v) is 6.32. The minimum atomic E-state index is -0.368. The van der Waals surface area contributed by atoms with Gasteiger partial charge in [-0.05, 0) is 17.5 Å². The summed E-state index contributed by atoms with van der Waals surface area (Å²) >= 11 is 1.55. The number of para-hydroxylation sites is 1. The van der Waals surface area contributed by atoms with Crippen molar-refractivity contribution in [1.29, 1.82) is 0 Å².